The molecule has 0 spiro atoms. The zero-order valence-corrected chi connectivity index (χ0v) is 10.4. The molecule has 0 saturated heterocycles. The Morgan fingerprint density at radius 2 is 2.22 bits per heavy atom. The lowest BCUT2D eigenvalue weighted by molar-refractivity contribution is 0.103. The Bertz CT molecular complexity index is 583. The predicted octanol–water partition coefficient (Wildman–Crippen LogP) is 2.73. The molecule has 1 amide bonds. The first-order chi connectivity index (χ1) is 8.61. The SMILES string of the molecule is COc1cc(NC(=O)c2sccc2N)ccc1F. The number of carbonyl (C=O) groups excluding carboxylic acids is 1. The van der Waals surface area contributed by atoms with Gasteiger partial charge in [0, 0.05) is 11.8 Å². The minimum atomic E-state index is -0.480. The maximum Gasteiger partial charge on any atom is 0.267 e. The second-order valence-corrected chi connectivity index (χ2v) is 4.42. The highest BCUT2D eigenvalue weighted by molar-refractivity contribution is 7.12. The van der Waals surface area contributed by atoms with Crippen LogP contribution in [0.3, 0.4) is 0 Å². The standard InChI is InChI=1S/C12H11FN2O2S/c1-17-10-6-7(2-3-8(10)13)15-12(16)11-9(14)4-5-18-11/h2-6H,14H2,1H3,(H,15,16). The quantitative estimate of drug-likeness (QED) is 0.897. The highest BCUT2D eigenvalue weighted by atomic mass is 32.1. The first-order valence-electron chi connectivity index (χ1n) is 5.09. The van der Waals surface area contributed by atoms with Crippen LogP contribution in [0.5, 0.6) is 5.75 Å². The van der Waals surface area contributed by atoms with Crippen LogP contribution >= 0.6 is 11.3 Å². The van der Waals surface area contributed by atoms with Gasteiger partial charge in [-0.15, -0.1) is 11.3 Å². The number of carbonyl (C=O) groups is 1. The van der Waals surface area contributed by atoms with Crippen LogP contribution in [0.15, 0.2) is 29.6 Å². The summed E-state index contributed by atoms with van der Waals surface area (Å²) in [5.74, 6) is -0.728. The highest BCUT2D eigenvalue weighted by Gasteiger charge is 2.12. The third-order valence-corrected chi connectivity index (χ3v) is 3.24. The fourth-order valence-corrected chi connectivity index (χ4v) is 2.14. The van der Waals surface area contributed by atoms with E-state index in [1.165, 1.54) is 36.6 Å². The van der Waals surface area contributed by atoms with Gasteiger partial charge in [-0.25, -0.2) is 4.39 Å². The first-order valence-corrected chi connectivity index (χ1v) is 5.97. The number of hydrogen-bond donors (Lipinski definition) is 2. The number of nitrogen functional groups attached to an aromatic ring is 1. The number of nitrogens with one attached hydrogen (secondary N) is 1. The van der Waals surface area contributed by atoms with E-state index in [0.29, 0.717) is 16.3 Å². The molecule has 2 rings (SSSR count). The van der Waals surface area contributed by atoms with Crippen molar-refractivity contribution in [2.24, 2.45) is 0 Å². The van der Waals surface area contributed by atoms with Gasteiger partial charge >= 0.3 is 0 Å². The summed E-state index contributed by atoms with van der Waals surface area (Å²) in [6, 6.07) is 5.76. The average Bonchev–Trinajstić information content (AvgIpc) is 2.78. The Labute approximate surface area is 107 Å². The fourth-order valence-electron chi connectivity index (χ4n) is 1.43. The third-order valence-electron chi connectivity index (χ3n) is 2.31. The monoisotopic (exact) mass is 266 g/mol. The van der Waals surface area contributed by atoms with Gasteiger partial charge in [-0.1, -0.05) is 0 Å². The van der Waals surface area contributed by atoms with Crippen LogP contribution in [0, 0.1) is 5.82 Å². The molecule has 0 bridgehead atoms. The minimum Gasteiger partial charge on any atom is -0.494 e. The molecule has 3 N–H and O–H groups in total. The Kier molecular flexibility index (Phi) is 3.47. The van der Waals surface area contributed by atoms with Gasteiger partial charge in [-0.05, 0) is 23.6 Å². The molecule has 0 aliphatic carbocycles. The summed E-state index contributed by atoms with van der Waals surface area (Å²) in [7, 11) is 1.36. The normalized spacial score (nSPS) is 10.1. The second-order valence-electron chi connectivity index (χ2n) is 3.51. The summed E-state index contributed by atoms with van der Waals surface area (Å²) >= 11 is 1.25. The highest BCUT2D eigenvalue weighted by Crippen LogP contribution is 2.24. The molecule has 18 heavy (non-hydrogen) atoms. The van der Waals surface area contributed by atoms with Gasteiger partial charge in [0.15, 0.2) is 11.6 Å². The van der Waals surface area contributed by atoms with Crippen molar-refractivity contribution >= 4 is 28.6 Å². The number of thiophene rings is 1. The van der Waals surface area contributed by atoms with Gasteiger partial charge < -0.3 is 15.8 Å². The Balaban J connectivity index is 2.20. The van der Waals surface area contributed by atoms with Crippen molar-refractivity contribution in [2.75, 3.05) is 18.2 Å². The molecule has 0 aliphatic heterocycles. The molecule has 0 radical (unpaired) electrons. The van der Waals surface area contributed by atoms with E-state index in [0.717, 1.165) is 0 Å². The van der Waals surface area contributed by atoms with E-state index in [2.05, 4.69) is 5.32 Å². The van der Waals surface area contributed by atoms with Gasteiger partial charge in [0.2, 0.25) is 0 Å². The number of benzene rings is 1. The topological polar surface area (TPSA) is 64.3 Å². The maximum atomic E-state index is 13.2. The molecule has 1 heterocycles. The molecule has 1 aromatic heterocycles. The smallest absolute Gasteiger partial charge is 0.267 e. The van der Waals surface area contributed by atoms with Gasteiger partial charge in [0.1, 0.15) is 4.88 Å². The summed E-state index contributed by atoms with van der Waals surface area (Å²) < 4.78 is 18.0. The van der Waals surface area contributed by atoms with Crippen molar-refractivity contribution in [1.82, 2.24) is 0 Å². The van der Waals surface area contributed by atoms with Crippen molar-refractivity contribution in [3.63, 3.8) is 0 Å². The van der Waals surface area contributed by atoms with Crippen LogP contribution in [0.1, 0.15) is 9.67 Å². The van der Waals surface area contributed by atoms with Crippen LogP contribution < -0.4 is 15.8 Å². The molecule has 0 saturated carbocycles. The summed E-state index contributed by atoms with van der Waals surface area (Å²) in [5.41, 5.74) is 6.51. The number of ether oxygens (including phenoxy) is 1. The summed E-state index contributed by atoms with van der Waals surface area (Å²) in [6.45, 7) is 0. The van der Waals surface area contributed by atoms with Gasteiger partial charge in [-0.2, -0.15) is 0 Å². The minimum absolute atomic E-state index is 0.0759. The summed E-state index contributed by atoms with van der Waals surface area (Å²) in [4.78, 5) is 12.3. The van der Waals surface area contributed by atoms with Crippen LogP contribution in [0.2, 0.25) is 0 Å². The lowest BCUT2D eigenvalue weighted by Crippen LogP contribution is -2.12. The lowest BCUT2D eigenvalue weighted by Gasteiger charge is -2.07. The first kappa shape index (κ1) is 12.4. The molecule has 4 nitrogen and oxygen atoms in total. The average molecular weight is 266 g/mol. The molecule has 6 heteroatoms. The number of anilines is 2. The molecule has 0 unspecified atom stereocenters. The molecule has 94 valence electrons. The molecule has 1 aromatic carbocycles. The number of hydrogen-bond acceptors (Lipinski definition) is 4. The van der Waals surface area contributed by atoms with E-state index in [-0.39, 0.29) is 11.7 Å². The number of rotatable bonds is 3. The van der Waals surface area contributed by atoms with E-state index in [1.54, 1.807) is 11.4 Å². The van der Waals surface area contributed by atoms with Crippen molar-refractivity contribution < 1.29 is 13.9 Å². The van der Waals surface area contributed by atoms with E-state index in [9.17, 15) is 9.18 Å². The number of methoxy groups -OCH3 is 1. The van der Waals surface area contributed by atoms with Crippen LogP contribution in [0.25, 0.3) is 0 Å². The molecule has 0 atom stereocenters. The molecular formula is C12H11FN2O2S. The van der Waals surface area contributed by atoms with Crippen LogP contribution in [0.4, 0.5) is 15.8 Å². The van der Waals surface area contributed by atoms with Crippen LogP contribution in [-0.4, -0.2) is 13.0 Å². The molecule has 0 aliphatic rings. The zero-order chi connectivity index (χ0) is 13.1. The van der Waals surface area contributed by atoms with Crippen molar-refractivity contribution in [3.8, 4) is 5.75 Å². The van der Waals surface area contributed by atoms with Crippen molar-refractivity contribution in [3.05, 3.63) is 40.3 Å². The zero-order valence-electron chi connectivity index (χ0n) is 9.57. The molecule has 0 fully saturated rings. The van der Waals surface area contributed by atoms with E-state index in [4.69, 9.17) is 10.5 Å². The number of nitrogens with two attached hydrogens (primary N) is 1. The largest absolute Gasteiger partial charge is 0.494 e. The van der Waals surface area contributed by atoms with Crippen molar-refractivity contribution in [1.29, 1.82) is 0 Å². The van der Waals surface area contributed by atoms with Gasteiger partial charge in [0.25, 0.3) is 5.91 Å². The number of amides is 1. The predicted molar refractivity (Wildman–Crippen MR) is 69.6 cm³/mol. The van der Waals surface area contributed by atoms with Crippen LogP contribution in [-0.2, 0) is 0 Å². The maximum absolute atomic E-state index is 13.2. The van der Waals surface area contributed by atoms with Gasteiger partial charge in [0.05, 0.1) is 12.8 Å². The summed E-state index contributed by atoms with van der Waals surface area (Å²) in [5, 5.41) is 4.36. The van der Waals surface area contributed by atoms with Crippen molar-refractivity contribution in [2.45, 2.75) is 0 Å². The molecular weight excluding hydrogens is 255 g/mol. The van der Waals surface area contributed by atoms with E-state index >= 15 is 0 Å². The van der Waals surface area contributed by atoms with Gasteiger partial charge in [-0.3, -0.25) is 4.79 Å². The lowest BCUT2D eigenvalue weighted by atomic mass is 10.2. The number of halogens is 1. The summed E-state index contributed by atoms with van der Waals surface area (Å²) in [6.07, 6.45) is 0. The Morgan fingerprint density at radius 3 is 2.83 bits per heavy atom. The Morgan fingerprint density at radius 1 is 1.44 bits per heavy atom. The van der Waals surface area contributed by atoms with E-state index < -0.39 is 5.82 Å². The molecule has 2 aromatic rings. The Hall–Kier alpha value is -2.08. The fraction of sp³-hybridized carbons (Fsp3) is 0.0833. The second kappa shape index (κ2) is 5.05. The third kappa shape index (κ3) is 2.43. The van der Waals surface area contributed by atoms with E-state index in [1.807, 2.05) is 0 Å².